The van der Waals surface area contributed by atoms with Crippen LogP contribution in [0.3, 0.4) is 0 Å². The largest absolute Gasteiger partial charge is 0.382 e. The zero-order valence-electron chi connectivity index (χ0n) is 9.66. The van der Waals surface area contributed by atoms with E-state index in [1.165, 1.54) is 11.9 Å². The number of nitrogen functional groups attached to an aromatic ring is 1. The zero-order valence-corrected chi connectivity index (χ0v) is 10.4. The molecule has 17 heavy (non-hydrogen) atoms. The average molecular weight is 249 g/mol. The molecule has 0 bridgehead atoms. The fourth-order valence-electron chi connectivity index (χ4n) is 1.55. The Morgan fingerprint density at radius 2 is 2.00 bits per heavy atom. The summed E-state index contributed by atoms with van der Waals surface area (Å²) in [6.45, 7) is 4.07. The van der Waals surface area contributed by atoms with Gasteiger partial charge in [0.25, 0.3) is 0 Å². The monoisotopic (exact) mass is 248 g/mol. The van der Waals surface area contributed by atoms with Crippen molar-refractivity contribution in [3.63, 3.8) is 0 Å². The second kappa shape index (κ2) is 4.59. The van der Waals surface area contributed by atoms with Gasteiger partial charge in [-0.05, 0) is 25.5 Å². The van der Waals surface area contributed by atoms with E-state index < -0.39 is 0 Å². The first kappa shape index (κ1) is 11.7. The molecule has 0 aliphatic rings. The van der Waals surface area contributed by atoms with Crippen LogP contribution in [-0.4, -0.2) is 9.97 Å². The Bertz CT molecular complexity index is 554. The summed E-state index contributed by atoms with van der Waals surface area (Å²) in [7, 11) is 0. The van der Waals surface area contributed by atoms with Gasteiger partial charge in [-0.1, -0.05) is 29.3 Å². The molecule has 0 atom stereocenters. The molecule has 3 N–H and O–H groups in total. The van der Waals surface area contributed by atoms with Crippen molar-refractivity contribution in [1.82, 2.24) is 9.97 Å². The van der Waals surface area contributed by atoms with Crippen LogP contribution in [-0.2, 0) is 0 Å². The third-order valence-corrected chi connectivity index (χ3v) is 2.82. The van der Waals surface area contributed by atoms with Crippen LogP contribution in [0, 0.1) is 13.8 Å². The van der Waals surface area contributed by atoms with E-state index in [1.807, 2.05) is 26.0 Å². The van der Waals surface area contributed by atoms with Gasteiger partial charge in [0.15, 0.2) is 5.82 Å². The Hall–Kier alpha value is -1.81. The maximum Gasteiger partial charge on any atom is 0.154 e. The van der Waals surface area contributed by atoms with E-state index in [4.69, 9.17) is 17.3 Å². The van der Waals surface area contributed by atoms with Crippen LogP contribution in [0.1, 0.15) is 11.1 Å². The molecule has 88 valence electrons. The summed E-state index contributed by atoms with van der Waals surface area (Å²) in [4.78, 5) is 7.88. The molecular formula is C12H13ClN4. The number of anilines is 3. The predicted octanol–water partition coefficient (Wildman–Crippen LogP) is 3.07. The van der Waals surface area contributed by atoms with E-state index in [2.05, 4.69) is 21.4 Å². The second-order valence-electron chi connectivity index (χ2n) is 3.86. The molecule has 1 heterocycles. The molecule has 1 aromatic heterocycles. The van der Waals surface area contributed by atoms with Crippen molar-refractivity contribution >= 4 is 28.9 Å². The topological polar surface area (TPSA) is 63.8 Å². The molecule has 0 fully saturated rings. The number of nitrogens with zero attached hydrogens (tertiary/aromatic N) is 2. The lowest BCUT2D eigenvalue weighted by molar-refractivity contribution is 1.17. The highest BCUT2D eigenvalue weighted by Crippen LogP contribution is 2.27. The number of hydrogen-bond donors (Lipinski definition) is 2. The third kappa shape index (κ3) is 2.47. The molecule has 4 nitrogen and oxygen atoms in total. The number of nitrogens with two attached hydrogens (primary N) is 1. The lowest BCUT2D eigenvalue weighted by atomic mass is 10.1. The van der Waals surface area contributed by atoms with Gasteiger partial charge in [-0.2, -0.15) is 0 Å². The van der Waals surface area contributed by atoms with Gasteiger partial charge in [-0.3, -0.25) is 0 Å². The number of benzene rings is 1. The fraction of sp³-hybridized carbons (Fsp3) is 0.167. The predicted molar refractivity (Wildman–Crippen MR) is 70.7 cm³/mol. The number of halogens is 1. The first-order valence-corrected chi connectivity index (χ1v) is 5.56. The van der Waals surface area contributed by atoms with Crippen molar-refractivity contribution in [2.75, 3.05) is 11.1 Å². The lowest BCUT2D eigenvalue weighted by Gasteiger charge is -2.11. The van der Waals surface area contributed by atoms with E-state index in [-0.39, 0.29) is 5.82 Å². The number of aromatic nitrogens is 2. The fourth-order valence-corrected chi connectivity index (χ4v) is 1.70. The quantitative estimate of drug-likeness (QED) is 0.857. The van der Waals surface area contributed by atoms with Gasteiger partial charge in [0.2, 0.25) is 0 Å². The molecule has 0 saturated heterocycles. The highest BCUT2D eigenvalue weighted by Gasteiger charge is 2.07. The SMILES string of the molecule is Cc1ccc(Nc2ncnc(N)c2Cl)c(C)c1. The zero-order chi connectivity index (χ0) is 12.4. The van der Waals surface area contributed by atoms with Crippen molar-refractivity contribution in [3.05, 3.63) is 40.7 Å². The van der Waals surface area contributed by atoms with Crippen molar-refractivity contribution in [1.29, 1.82) is 0 Å². The van der Waals surface area contributed by atoms with Crippen LogP contribution in [0.4, 0.5) is 17.3 Å². The van der Waals surface area contributed by atoms with Crippen molar-refractivity contribution in [2.45, 2.75) is 13.8 Å². The van der Waals surface area contributed by atoms with Gasteiger partial charge in [-0.15, -0.1) is 0 Å². The highest BCUT2D eigenvalue weighted by atomic mass is 35.5. The number of hydrogen-bond acceptors (Lipinski definition) is 4. The first-order chi connectivity index (χ1) is 8.08. The summed E-state index contributed by atoms with van der Waals surface area (Å²) in [5, 5.41) is 3.49. The molecule has 0 amide bonds. The van der Waals surface area contributed by atoms with Gasteiger partial charge in [-0.25, -0.2) is 9.97 Å². The number of rotatable bonds is 2. The molecule has 0 spiro atoms. The molecule has 2 rings (SSSR count). The minimum Gasteiger partial charge on any atom is -0.382 e. The molecule has 0 radical (unpaired) electrons. The van der Waals surface area contributed by atoms with E-state index >= 15 is 0 Å². The summed E-state index contributed by atoms with van der Waals surface area (Å²) in [6.07, 6.45) is 1.38. The lowest BCUT2D eigenvalue weighted by Crippen LogP contribution is -2.00. The van der Waals surface area contributed by atoms with Crippen LogP contribution in [0.15, 0.2) is 24.5 Å². The molecule has 2 aromatic rings. The van der Waals surface area contributed by atoms with Crippen molar-refractivity contribution in [3.8, 4) is 0 Å². The summed E-state index contributed by atoms with van der Waals surface area (Å²) < 4.78 is 0. The third-order valence-electron chi connectivity index (χ3n) is 2.45. The maximum absolute atomic E-state index is 6.01. The van der Waals surface area contributed by atoms with E-state index in [0.717, 1.165) is 11.3 Å². The maximum atomic E-state index is 6.01. The van der Waals surface area contributed by atoms with Crippen molar-refractivity contribution < 1.29 is 0 Å². The van der Waals surface area contributed by atoms with Crippen LogP contribution in [0.2, 0.25) is 5.02 Å². The van der Waals surface area contributed by atoms with Gasteiger partial charge < -0.3 is 11.1 Å². The summed E-state index contributed by atoms with van der Waals surface area (Å²) in [6, 6.07) is 6.09. The minimum absolute atomic E-state index is 0.272. The summed E-state index contributed by atoms with van der Waals surface area (Å²) >= 11 is 6.01. The Morgan fingerprint density at radius 3 is 2.71 bits per heavy atom. The van der Waals surface area contributed by atoms with Gasteiger partial charge in [0, 0.05) is 5.69 Å². The van der Waals surface area contributed by atoms with Crippen LogP contribution < -0.4 is 11.1 Å². The van der Waals surface area contributed by atoms with E-state index in [9.17, 15) is 0 Å². The van der Waals surface area contributed by atoms with Crippen LogP contribution >= 0.6 is 11.6 Å². The normalized spacial score (nSPS) is 10.3. The molecular weight excluding hydrogens is 236 g/mol. The second-order valence-corrected chi connectivity index (χ2v) is 4.24. The molecule has 1 aromatic carbocycles. The standard InChI is InChI=1S/C12H13ClN4/c1-7-3-4-9(8(2)5-7)17-12-10(13)11(14)15-6-16-12/h3-6H,1-2H3,(H3,14,15,16,17). The van der Waals surface area contributed by atoms with Crippen LogP contribution in [0.25, 0.3) is 0 Å². The first-order valence-electron chi connectivity index (χ1n) is 5.18. The molecule has 0 saturated carbocycles. The van der Waals surface area contributed by atoms with Crippen molar-refractivity contribution in [2.24, 2.45) is 0 Å². The molecule has 0 aliphatic carbocycles. The van der Waals surface area contributed by atoms with E-state index in [1.54, 1.807) is 0 Å². The smallest absolute Gasteiger partial charge is 0.154 e. The van der Waals surface area contributed by atoms with Crippen LogP contribution in [0.5, 0.6) is 0 Å². The van der Waals surface area contributed by atoms with Gasteiger partial charge in [0.1, 0.15) is 17.2 Å². The Balaban J connectivity index is 2.35. The number of aryl methyl sites for hydroxylation is 2. The average Bonchev–Trinajstić information content (AvgIpc) is 2.28. The van der Waals surface area contributed by atoms with E-state index in [0.29, 0.717) is 10.8 Å². The van der Waals surface area contributed by atoms with Gasteiger partial charge >= 0.3 is 0 Å². The Labute approximate surface area is 105 Å². The highest BCUT2D eigenvalue weighted by molar-refractivity contribution is 6.35. The minimum atomic E-state index is 0.272. The summed E-state index contributed by atoms with van der Waals surface area (Å²) in [5.74, 6) is 0.792. The molecule has 5 heteroatoms. The Kier molecular flexibility index (Phi) is 3.15. The Morgan fingerprint density at radius 1 is 1.24 bits per heavy atom. The summed E-state index contributed by atoms with van der Waals surface area (Å²) in [5.41, 5.74) is 8.90. The van der Waals surface area contributed by atoms with Gasteiger partial charge in [0.05, 0.1) is 0 Å². The number of nitrogens with one attached hydrogen (secondary N) is 1. The molecule has 0 unspecified atom stereocenters. The molecule has 0 aliphatic heterocycles.